The monoisotopic (exact) mass is 217 g/mol. The molecule has 0 aliphatic heterocycles. The van der Waals surface area contributed by atoms with Crippen LogP contribution in [0.2, 0.25) is 0 Å². The van der Waals surface area contributed by atoms with E-state index in [0.29, 0.717) is 11.1 Å². The minimum atomic E-state index is -1.71. The summed E-state index contributed by atoms with van der Waals surface area (Å²) in [5.74, 6) is -0.419. The Morgan fingerprint density at radius 3 is 2.38 bits per heavy atom. The van der Waals surface area contributed by atoms with Crippen molar-refractivity contribution in [2.75, 3.05) is 0 Å². The van der Waals surface area contributed by atoms with Crippen LogP contribution in [0.4, 0.5) is 4.39 Å². The van der Waals surface area contributed by atoms with E-state index in [2.05, 4.69) is 4.98 Å². The second-order valence-corrected chi connectivity index (χ2v) is 3.29. The van der Waals surface area contributed by atoms with Crippen LogP contribution >= 0.6 is 0 Å². The highest BCUT2D eigenvalue weighted by atomic mass is 19.1. The lowest BCUT2D eigenvalue weighted by atomic mass is 9.80. The number of nitrogens with zero attached hydrogens (tertiary/aromatic N) is 1. The normalized spacial score (nSPS) is 10.2. The standard InChI is InChI=1S/C11H9BFNO2/c13-10-6-2-1-4-8(10)9-5-3-7-14-11(9)12(15)16/h1-7,15-16H. The van der Waals surface area contributed by atoms with E-state index in [9.17, 15) is 4.39 Å². The van der Waals surface area contributed by atoms with Crippen molar-refractivity contribution >= 4 is 12.7 Å². The van der Waals surface area contributed by atoms with Gasteiger partial charge in [-0.3, -0.25) is 4.98 Å². The molecule has 1 aromatic carbocycles. The SMILES string of the molecule is OB(O)c1ncccc1-c1ccccc1F. The smallest absolute Gasteiger partial charge is 0.422 e. The van der Waals surface area contributed by atoms with Crippen molar-refractivity contribution in [3.8, 4) is 11.1 Å². The minimum absolute atomic E-state index is 0.0487. The maximum Gasteiger partial charge on any atom is 0.508 e. The Kier molecular flexibility index (Phi) is 2.98. The fourth-order valence-electron chi connectivity index (χ4n) is 1.53. The van der Waals surface area contributed by atoms with Gasteiger partial charge in [-0.15, -0.1) is 0 Å². The molecular formula is C11H9BFNO2. The molecule has 0 spiro atoms. The molecule has 0 aliphatic rings. The van der Waals surface area contributed by atoms with Crippen LogP contribution < -0.4 is 5.59 Å². The van der Waals surface area contributed by atoms with E-state index >= 15 is 0 Å². The van der Waals surface area contributed by atoms with Crippen LogP contribution in [0.25, 0.3) is 11.1 Å². The van der Waals surface area contributed by atoms with E-state index in [0.717, 1.165) is 0 Å². The van der Waals surface area contributed by atoms with Crippen molar-refractivity contribution in [2.45, 2.75) is 0 Å². The molecule has 1 aromatic heterocycles. The molecule has 0 saturated carbocycles. The summed E-state index contributed by atoms with van der Waals surface area (Å²) in [4.78, 5) is 3.83. The third-order valence-electron chi connectivity index (χ3n) is 2.25. The first-order valence-corrected chi connectivity index (χ1v) is 4.76. The Morgan fingerprint density at radius 2 is 1.69 bits per heavy atom. The van der Waals surface area contributed by atoms with E-state index in [1.54, 1.807) is 30.3 Å². The zero-order valence-corrected chi connectivity index (χ0v) is 8.34. The number of aromatic nitrogens is 1. The largest absolute Gasteiger partial charge is 0.508 e. The van der Waals surface area contributed by atoms with E-state index < -0.39 is 12.9 Å². The molecule has 16 heavy (non-hydrogen) atoms. The van der Waals surface area contributed by atoms with Crippen LogP contribution in [0.15, 0.2) is 42.6 Å². The minimum Gasteiger partial charge on any atom is -0.422 e. The van der Waals surface area contributed by atoms with Gasteiger partial charge in [0.05, 0.1) is 5.59 Å². The Labute approximate surface area is 92.4 Å². The highest BCUT2D eigenvalue weighted by Gasteiger charge is 2.19. The van der Waals surface area contributed by atoms with Crippen molar-refractivity contribution in [3.63, 3.8) is 0 Å². The van der Waals surface area contributed by atoms with Gasteiger partial charge < -0.3 is 10.0 Å². The van der Waals surface area contributed by atoms with Gasteiger partial charge in [-0.2, -0.15) is 0 Å². The predicted octanol–water partition coefficient (Wildman–Crippen LogP) is 0.567. The fraction of sp³-hybridized carbons (Fsp3) is 0. The van der Waals surface area contributed by atoms with Crippen LogP contribution in [0, 0.1) is 5.82 Å². The van der Waals surface area contributed by atoms with Gasteiger partial charge >= 0.3 is 7.12 Å². The van der Waals surface area contributed by atoms with Crippen LogP contribution in [0.5, 0.6) is 0 Å². The molecule has 2 N–H and O–H groups in total. The van der Waals surface area contributed by atoms with Crippen LogP contribution in [0.3, 0.4) is 0 Å². The van der Waals surface area contributed by atoms with Crippen LogP contribution in [-0.4, -0.2) is 22.2 Å². The molecule has 0 fully saturated rings. The maximum absolute atomic E-state index is 13.5. The highest BCUT2D eigenvalue weighted by molar-refractivity contribution is 6.59. The Bertz CT molecular complexity index is 505. The number of rotatable bonds is 2. The van der Waals surface area contributed by atoms with Crippen molar-refractivity contribution in [2.24, 2.45) is 0 Å². The molecule has 3 nitrogen and oxygen atoms in total. The average molecular weight is 217 g/mol. The number of hydrogen-bond donors (Lipinski definition) is 2. The molecule has 0 saturated heterocycles. The number of hydrogen-bond acceptors (Lipinski definition) is 3. The molecule has 2 aromatic rings. The van der Waals surface area contributed by atoms with Crippen molar-refractivity contribution in [1.82, 2.24) is 4.98 Å². The van der Waals surface area contributed by atoms with Gasteiger partial charge in [-0.05, 0) is 12.1 Å². The second-order valence-electron chi connectivity index (χ2n) is 3.29. The van der Waals surface area contributed by atoms with Gasteiger partial charge in [-0.25, -0.2) is 4.39 Å². The number of pyridine rings is 1. The molecule has 0 aliphatic carbocycles. The second kappa shape index (κ2) is 4.43. The summed E-state index contributed by atoms with van der Waals surface area (Å²) in [6, 6.07) is 9.35. The molecule has 0 atom stereocenters. The topological polar surface area (TPSA) is 53.4 Å². The van der Waals surface area contributed by atoms with E-state index in [1.165, 1.54) is 12.3 Å². The van der Waals surface area contributed by atoms with Crippen molar-refractivity contribution in [1.29, 1.82) is 0 Å². The fourth-order valence-corrected chi connectivity index (χ4v) is 1.53. The quantitative estimate of drug-likeness (QED) is 0.723. The lowest BCUT2D eigenvalue weighted by Crippen LogP contribution is -2.34. The molecule has 1 heterocycles. The summed E-state index contributed by atoms with van der Waals surface area (Å²) < 4.78 is 13.5. The van der Waals surface area contributed by atoms with Crippen molar-refractivity contribution in [3.05, 3.63) is 48.4 Å². The summed E-state index contributed by atoms with van der Waals surface area (Å²) >= 11 is 0. The van der Waals surface area contributed by atoms with E-state index in [4.69, 9.17) is 10.0 Å². The van der Waals surface area contributed by atoms with Crippen LogP contribution in [0.1, 0.15) is 0 Å². The molecular weight excluding hydrogens is 208 g/mol. The molecule has 0 unspecified atom stereocenters. The van der Waals surface area contributed by atoms with Crippen LogP contribution in [-0.2, 0) is 0 Å². The molecule has 80 valence electrons. The zero-order valence-electron chi connectivity index (χ0n) is 8.34. The van der Waals surface area contributed by atoms with Gasteiger partial charge in [0.25, 0.3) is 0 Å². The summed E-state index contributed by atoms with van der Waals surface area (Å²) in [6.45, 7) is 0. The first kappa shape index (κ1) is 10.8. The maximum atomic E-state index is 13.5. The van der Waals surface area contributed by atoms with E-state index in [-0.39, 0.29) is 5.59 Å². The summed E-state index contributed by atoms with van der Waals surface area (Å²) in [5, 5.41) is 18.3. The third kappa shape index (κ3) is 1.96. The molecule has 0 amide bonds. The lowest BCUT2D eigenvalue weighted by Gasteiger charge is -2.08. The first-order chi connectivity index (χ1) is 7.70. The third-order valence-corrected chi connectivity index (χ3v) is 2.25. The van der Waals surface area contributed by atoms with Gasteiger partial charge in [-0.1, -0.05) is 24.3 Å². The summed E-state index contributed by atoms with van der Waals surface area (Å²) in [5.41, 5.74) is 0.738. The van der Waals surface area contributed by atoms with Crippen molar-refractivity contribution < 1.29 is 14.4 Å². The Balaban J connectivity index is 2.60. The highest BCUT2D eigenvalue weighted by Crippen LogP contribution is 2.19. The molecule has 0 radical (unpaired) electrons. The molecule has 0 bridgehead atoms. The lowest BCUT2D eigenvalue weighted by molar-refractivity contribution is 0.424. The van der Waals surface area contributed by atoms with Gasteiger partial charge in [0.1, 0.15) is 5.82 Å². The Hall–Kier alpha value is -1.72. The Morgan fingerprint density at radius 1 is 1.00 bits per heavy atom. The first-order valence-electron chi connectivity index (χ1n) is 4.76. The van der Waals surface area contributed by atoms with Gasteiger partial charge in [0.2, 0.25) is 0 Å². The zero-order chi connectivity index (χ0) is 11.5. The summed E-state index contributed by atoms with van der Waals surface area (Å²) in [6.07, 6.45) is 1.43. The van der Waals surface area contributed by atoms with Gasteiger partial charge in [0.15, 0.2) is 0 Å². The average Bonchev–Trinajstić information content (AvgIpc) is 2.29. The molecule has 5 heteroatoms. The number of benzene rings is 1. The number of halogens is 1. The molecule has 2 rings (SSSR count). The van der Waals surface area contributed by atoms with E-state index in [1.807, 2.05) is 0 Å². The van der Waals surface area contributed by atoms with Gasteiger partial charge in [0, 0.05) is 17.3 Å². The summed E-state index contributed by atoms with van der Waals surface area (Å²) in [7, 11) is -1.71. The predicted molar refractivity (Wildman–Crippen MR) is 59.5 cm³/mol.